The molecule has 18 heavy (non-hydrogen) atoms. The predicted molar refractivity (Wildman–Crippen MR) is 76.0 cm³/mol. The van der Waals surface area contributed by atoms with E-state index in [1.54, 1.807) is 40.9 Å². The number of amidine groups is 1. The van der Waals surface area contributed by atoms with Crippen molar-refractivity contribution in [2.24, 2.45) is 4.99 Å². The van der Waals surface area contributed by atoms with Crippen molar-refractivity contribution in [1.29, 1.82) is 0 Å². The lowest BCUT2D eigenvalue weighted by Crippen LogP contribution is -2.26. The first-order valence-corrected chi connectivity index (χ1v) is 7.10. The first-order chi connectivity index (χ1) is 8.66. The van der Waals surface area contributed by atoms with Gasteiger partial charge in [0.2, 0.25) is 0 Å². The van der Waals surface area contributed by atoms with Crippen molar-refractivity contribution in [2.45, 2.75) is 0 Å². The molecular weight excluding hydrogens is 291 g/mol. The molecule has 0 N–H and O–H groups in total. The zero-order valence-electron chi connectivity index (χ0n) is 9.19. The fraction of sp³-hybridized carbons (Fsp3) is 0.167. The van der Waals surface area contributed by atoms with Gasteiger partial charge in [-0.1, -0.05) is 41.0 Å². The molecule has 1 aromatic rings. The summed E-state index contributed by atoms with van der Waals surface area (Å²) in [6.07, 6.45) is 1.65. The van der Waals surface area contributed by atoms with E-state index < -0.39 is 0 Å². The van der Waals surface area contributed by atoms with Gasteiger partial charge in [-0.25, -0.2) is 4.99 Å². The molecule has 0 spiro atoms. The van der Waals surface area contributed by atoms with Crippen LogP contribution in [0.5, 0.6) is 0 Å². The first kappa shape index (κ1) is 12.1. The molecule has 3 nitrogen and oxygen atoms in total. The van der Waals surface area contributed by atoms with Crippen LogP contribution in [0.1, 0.15) is 5.56 Å². The Morgan fingerprint density at radius 3 is 2.72 bits per heavy atom. The summed E-state index contributed by atoms with van der Waals surface area (Å²) in [6, 6.07) is 5.24. The number of fused-ring (bicyclic) bond motifs is 1. The maximum absolute atomic E-state index is 12.1. The minimum Gasteiger partial charge on any atom is -0.285 e. The van der Waals surface area contributed by atoms with Crippen LogP contribution in [0.25, 0.3) is 6.08 Å². The van der Waals surface area contributed by atoms with Crippen molar-refractivity contribution in [3.63, 3.8) is 0 Å². The highest BCUT2D eigenvalue weighted by molar-refractivity contribution is 8.14. The lowest BCUT2D eigenvalue weighted by atomic mass is 10.2. The van der Waals surface area contributed by atoms with E-state index in [9.17, 15) is 4.79 Å². The molecule has 2 aliphatic heterocycles. The van der Waals surface area contributed by atoms with Gasteiger partial charge in [-0.3, -0.25) is 9.69 Å². The number of rotatable bonds is 1. The Kier molecular flexibility index (Phi) is 3.09. The van der Waals surface area contributed by atoms with E-state index in [1.807, 2.05) is 0 Å². The molecule has 2 aliphatic rings. The average Bonchev–Trinajstić information content (AvgIpc) is 2.89. The Morgan fingerprint density at radius 1 is 1.33 bits per heavy atom. The van der Waals surface area contributed by atoms with Crippen LogP contribution in [-0.2, 0) is 4.79 Å². The van der Waals surface area contributed by atoms with Gasteiger partial charge in [0.05, 0.1) is 0 Å². The fourth-order valence-electron chi connectivity index (χ4n) is 1.85. The summed E-state index contributed by atoms with van der Waals surface area (Å²) in [7, 11) is 0. The minimum atomic E-state index is -0.0778. The first-order valence-electron chi connectivity index (χ1n) is 5.36. The topological polar surface area (TPSA) is 32.7 Å². The molecule has 1 aromatic carbocycles. The maximum Gasteiger partial charge on any atom is 0.278 e. The van der Waals surface area contributed by atoms with E-state index in [1.165, 1.54) is 0 Å². The van der Waals surface area contributed by atoms with Crippen LogP contribution in [0.15, 0.2) is 28.9 Å². The van der Waals surface area contributed by atoms with E-state index in [0.29, 0.717) is 21.3 Å². The van der Waals surface area contributed by atoms with Crippen molar-refractivity contribution in [3.8, 4) is 0 Å². The molecule has 2 heterocycles. The Bertz CT molecular complexity index is 577. The summed E-state index contributed by atoms with van der Waals surface area (Å²) in [6.45, 7) is 0.718. The average molecular weight is 299 g/mol. The third-order valence-corrected chi connectivity index (χ3v) is 4.35. The van der Waals surface area contributed by atoms with Crippen LogP contribution in [-0.4, -0.2) is 28.3 Å². The molecule has 0 radical (unpaired) electrons. The molecule has 0 saturated carbocycles. The molecule has 1 saturated heterocycles. The summed E-state index contributed by atoms with van der Waals surface area (Å²) in [5.41, 5.74) is 1.03. The summed E-state index contributed by atoms with van der Waals surface area (Å²) < 4.78 is 0. The molecule has 0 atom stereocenters. The molecule has 92 valence electrons. The normalized spacial score (nSPS) is 20.6. The lowest BCUT2D eigenvalue weighted by molar-refractivity contribution is -0.122. The highest BCUT2D eigenvalue weighted by atomic mass is 35.5. The second kappa shape index (κ2) is 4.61. The third-order valence-electron chi connectivity index (χ3n) is 2.74. The number of aliphatic imine (C=N–C) groups is 1. The van der Waals surface area contributed by atoms with Gasteiger partial charge in [-0.05, 0) is 18.2 Å². The lowest BCUT2D eigenvalue weighted by Gasteiger charge is -2.06. The van der Waals surface area contributed by atoms with Crippen molar-refractivity contribution in [1.82, 2.24) is 4.90 Å². The molecular formula is C12H8Cl2N2OS. The summed E-state index contributed by atoms with van der Waals surface area (Å²) >= 11 is 13.7. The second-order valence-corrected chi connectivity index (χ2v) is 5.74. The number of hydrogen-bond donors (Lipinski definition) is 0. The number of halogens is 2. The van der Waals surface area contributed by atoms with Crippen molar-refractivity contribution < 1.29 is 4.79 Å². The Morgan fingerprint density at radius 2 is 2.06 bits per heavy atom. The van der Waals surface area contributed by atoms with Gasteiger partial charge < -0.3 is 0 Å². The second-order valence-electron chi connectivity index (χ2n) is 3.86. The zero-order valence-corrected chi connectivity index (χ0v) is 11.5. The molecule has 3 rings (SSSR count). The molecule has 1 fully saturated rings. The van der Waals surface area contributed by atoms with Gasteiger partial charge in [0.15, 0.2) is 5.17 Å². The maximum atomic E-state index is 12.1. The summed E-state index contributed by atoms with van der Waals surface area (Å²) in [5, 5.41) is 1.81. The summed E-state index contributed by atoms with van der Waals surface area (Å²) in [5.74, 6) is 0.830. The van der Waals surface area contributed by atoms with Gasteiger partial charge in [0, 0.05) is 27.9 Å². The number of amides is 1. The zero-order chi connectivity index (χ0) is 12.7. The van der Waals surface area contributed by atoms with Gasteiger partial charge >= 0.3 is 0 Å². The molecule has 0 aliphatic carbocycles. The third kappa shape index (κ3) is 1.94. The van der Waals surface area contributed by atoms with Crippen LogP contribution < -0.4 is 0 Å². The largest absolute Gasteiger partial charge is 0.285 e. The molecule has 1 amide bonds. The van der Waals surface area contributed by atoms with Gasteiger partial charge in [-0.15, -0.1) is 0 Å². The highest BCUT2D eigenvalue weighted by Gasteiger charge is 2.34. The molecule has 6 heteroatoms. The van der Waals surface area contributed by atoms with Crippen molar-refractivity contribution in [2.75, 3.05) is 12.3 Å². The van der Waals surface area contributed by atoms with Gasteiger partial charge in [0.25, 0.3) is 5.91 Å². The molecule has 0 unspecified atom stereocenters. The van der Waals surface area contributed by atoms with E-state index in [-0.39, 0.29) is 5.91 Å². The Labute approximate surface area is 118 Å². The van der Waals surface area contributed by atoms with E-state index in [4.69, 9.17) is 23.2 Å². The number of nitrogens with zero attached hydrogens (tertiary/aromatic N) is 2. The highest BCUT2D eigenvalue weighted by Crippen LogP contribution is 2.31. The Balaban J connectivity index is 2.03. The molecule has 0 bridgehead atoms. The number of thioether (sulfide) groups is 1. The smallest absolute Gasteiger partial charge is 0.278 e. The summed E-state index contributed by atoms with van der Waals surface area (Å²) in [4.78, 5) is 18.0. The van der Waals surface area contributed by atoms with Crippen molar-refractivity contribution >= 4 is 52.1 Å². The standard InChI is InChI=1S/C12H8Cl2N2OS/c13-8-2-1-3-9(14)7(8)6-10-11(17)16-4-5-18-12(16)15-10/h1-3,6H,4-5H2/b10-6-. The van der Waals surface area contributed by atoms with E-state index >= 15 is 0 Å². The van der Waals surface area contributed by atoms with E-state index in [2.05, 4.69) is 4.99 Å². The SMILES string of the molecule is O=C1/C(=C/c2c(Cl)cccc2Cl)N=C2SCCN12. The minimum absolute atomic E-state index is 0.0778. The van der Waals surface area contributed by atoms with Crippen LogP contribution >= 0.6 is 35.0 Å². The number of carbonyl (C=O) groups is 1. The van der Waals surface area contributed by atoms with Gasteiger partial charge in [-0.2, -0.15) is 0 Å². The quantitative estimate of drug-likeness (QED) is 0.746. The number of hydrogen-bond acceptors (Lipinski definition) is 3. The predicted octanol–water partition coefficient (Wildman–Crippen LogP) is 3.28. The van der Waals surface area contributed by atoms with Crippen LogP contribution in [0.3, 0.4) is 0 Å². The van der Waals surface area contributed by atoms with Crippen LogP contribution in [0.4, 0.5) is 0 Å². The number of benzene rings is 1. The fourth-order valence-corrected chi connectivity index (χ4v) is 3.31. The Hall–Kier alpha value is -0.970. The van der Waals surface area contributed by atoms with E-state index in [0.717, 1.165) is 17.5 Å². The number of carbonyl (C=O) groups excluding carboxylic acids is 1. The van der Waals surface area contributed by atoms with Crippen molar-refractivity contribution in [3.05, 3.63) is 39.5 Å². The monoisotopic (exact) mass is 298 g/mol. The van der Waals surface area contributed by atoms with Gasteiger partial charge in [0.1, 0.15) is 5.70 Å². The van der Waals surface area contributed by atoms with Crippen LogP contribution in [0, 0.1) is 0 Å². The molecule has 0 aromatic heterocycles. The van der Waals surface area contributed by atoms with Crippen LogP contribution in [0.2, 0.25) is 10.0 Å².